The van der Waals surface area contributed by atoms with Crippen molar-refractivity contribution in [3.8, 4) is 0 Å². The first-order valence-electron chi connectivity index (χ1n) is 8.22. The Morgan fingerprint density at radius 3 is 1.96 bits per heavy atom. The van der Waals surface area contributed by atoms with Crippen LogP contribution in [-0.4, -0.2) is 28.7 Å². The second kappa shape index (κ2) is 12.0. The lowest BCUT2D eigenvalue weighted by Crippen LogP contribution is -2.16. The van der Waals surface area contributed by atoms with Crippen molar-refractivity contribution in [2.45, 2.75) is 66.4 Å². The molecule has 0 aliphatic heterocycles. The Hall–Kier alpha value is -1.45. The summed E-state index contributed by atoms with van der Waals surface area (Å²) >= 11 is 0. The lowest BCUT2D eigenvalue weighted by atomic mass is 10.0. The number of carbonyl (C=O) groups excluding carboxylic acids is 1. The molecule has 3 heteroatoms. The summed E-state index contributed by atoms with van der Waals surface area (Å²) < 4.78 is 0. The predicted octanol–water partition coefficient (Wildman–Crippen LogP) is 4.27. The van der Waals surface area contributed by atoms with Crippen molar-refractivity contribution in [1.82, 2.24) is 0 Å². The van der Waals surface area contributed by atoms with Crippen molar-refractivity contribution < 1.29 is 15.0 Å². The molecule has 0 aromatic carbocycles. The highest BCUT2D eigenvalue weighted by molar-refractivity contribution is 5.95. The fourth-order valence-corrected chi connectivity index (χ4v) is 2.05. The minimum absolute atomic E-state index is 0.154. The average Bonchev–Trinajstić information content (AvgIpc) is 2.44. The zero-order valence-corrected chi connectivity index (χ0v) is 15.2. The van der Waals surface area contributed by atoms with Crippen LogP contribution in [0, 0.1) is 0 Å². The Bertz CT molecular complexity index is 485. The number of hydrogen-bond donors (Lipinski definition) is 2. The zero-order chi connectivity index (χ0) is 17.8. The quantitative estimate of drug-likeness (QED) is 0.467. The molecule has 0 aliphatic rings. The molecule has 1 atom stereocenters. The van der Waals surface area contributed by atoms with Crippen LogP contribution < -0.4 is 0 Å². The highest BCUT2D eigenvalue weighted by Gasteiger charge is 2.11. The molecule has 23 heavy (non-hydrogen) atoms. The molecule has 0 aromatic rings. The lowest BCUT2D eigenvalue weighted by Gasteiger charge is -2.07. The van der Waals surface area contributed by atoms with Crippen molar-refractivity contribution in [2.75, 3.05) is 6.61 Å². The van der Waals surface area contributed by atoms with E-state index in [9.17, 15) is 15.0 Å². The molecule has 0 heterocycles. The van der Waals surface area contributed by atoms with Crippen molar-refractivity contribution in [2.24, 2.45) is 0 Å². The zero-order valence-electron chi connectivity index (χ0n) is 15.2. The van der Waals surface area contributed by atoms with Crippen LogP contribution in [0.5, 0.6) is 0 Å². The van der Waals surface area contributed by atoms with Gasteiger partial charge in [0.05, 0.1) is 6.61 Å². The van der Waals surface area contributed by atoms with Gasteiger partial charge in [-0.1, -0.05) is 28.9 Å². The standard InChI is InChI=1S/C20H32O3/c1-15(2)8-6-10-17(5)12-19(22)20(23)13-18(14-21)11-7-9-16(3)4/h8-9,12-13,19,21-22H,6-7,10-11,14H2,1-5H3/b17-12+,18-13+. The molecular formula is C20H32O3. The summed E-state index contributed by atoms with van der Waals surface area (Å²) in [5, 5.41) is 19.3. The normalized spacial score (nSPS) is 13.5. The van der Waals surface area contributed by atoms with Gasteiger partial charge in [-0.3, -0.25) is 4.79 Å². The van der Waals surface area contributed by atoms with E-state index >= 15 is 0 Å². The van der Waals surface area contributed by atoms with Gasteiger partial charge in [0.25, 0.3) is 0 Å². The molecule has 3 nitrogen and oxygen atoms in total. The Kier molecular flexibility index (Phi) is 11.3. The second-order valence-corrected chi connectivity index (χ2v) is 6.46. The van der Waals surface area contributed by atoms with Crippen LogP contribution in [0.15, 0.2) is 46.6 Å². The summed E-state index contributed by atoms with van der Waals surface area (Å²) in [6.07, 6.45) is 9.20. The van der Waals surface area contributed by atoms with Gasteiger partial charge in [-0.15, -0.1) is 0 Å². The topological polar surface area (TPSA) is 57.5 Å². The van der Waals surface area contributed by atoms with Gasteiger partial charge in [0.15, 0.2) is 5.78 Å². The molecule has 0 radical (unpaired) electrons. The van der Waals surface area contributed by atoms with Crippen molar-refractivity contribution >= 4 is 5.78 Å². The van der Waals surface area contributed by atoms with Gasteiger partial charge in [0, 0.05) is 0 Å². The van der Waals surface area contributed by atoms with Crippen molar-refractivity contribution in [3.05, 3.63) is 46.6 Å². The minimum Gasteiger partial charge on any atom is -0.392 e. The summed E-state index contributed by atoms with van der Waals surface area (Å²) in [6.45, 7) is 9.89. The van der Waals surface area contributed by atoms with E-state index in [0.717, 1.165) is 24.8 Å². The third kappa shape index (κ3) is 11.7. The number of aliphatic hydroxyl groups is 2. The van der Waals surface area contributed by atoms with Crippen LogP contribution in [0.2, 0.25) is 0 Å². The molecule has 130 valence electrons. The van der Waals surface area contributed by atoms with Gasteiger partial charge in [0.2, 0.25) is 0 Å². The van der Waals surface area contributed by atoms with E-state index in [4.69, 9.17) is 0 Å². The Morgan fingerprint density at radius 2 is 1.48 bits per heavy atom. The number of carbonyl (C=O) groups is 1. The molecule has 2 N–H and O–H groups in total. The van der Waals surface area contributed by atoms with Crippen molar-refractivity contribution in [1.29, 1.82) is 0 Å². The van der Waals surface area contributed by atoms with Crippen LogP contribution in [-0.2, 0) is 4.79 Å². The van der Waals surface area contributed by atoms with Crippen LogP contribution in [0.25, 0.3) is 0 Å². The highest BCUT2D eigenvalue weighted by Crippen LogP contribution is 2.11. The number of aliphatic hydroxyl groups excluding tert-OH is 2. The van der Waals surface area contributed by atoms with Gasteiger partial charge in [-0.2, -0.15) is 0 Å². The van der Waals surface area contributed by atoms with Crippen LogP contribution in [0.3, 0.4) is 0 Å². The fraction of sp³-hybridized carbons (Fsp3) is 0.550. The molecule has 0 fully saturated rings. The molecule has 0 aliphatic carbocycles. The molecule has 0 saturated heterocycles. The van der Waals surface area contributed by atoms with E-state index in [1.807, 2.05) is 34.6 Å². The maximum atomic E-state index is 12.0. The maximum Gasteiger partial charge on any atom is 0.188 e. The molecule has 0 amide bonds. The van der Waals surface area contributed by atoms with Gasteiger partial charge < -0.3 is 10.2 Å². The first kappa shape index (κ1) is 21.6. The summed E-state index contributed by atoms with van der Waals surface area (Å²) in [7, 11) is 0. The fourth-order valence-electron chi connectivity index (χ4n) is 2.05. The third-order valence-electron chi connectivity index (χ3n) is 3.39. The van der Waals surface area contributed by atoms with E-state index in [1.54, 1.807) is 6.08 Å². The Balaban J connectivity index is 4.63. The van der Waals surface area contributed by atoms with E-state index in [-0.39, 0.29) is 12.4 Å². The lowest BCUT2D eigenvalue weighted by molar-refractivity contribution is -0.120. The second-order valence-electron chi connectivity index (χ2n) is 6.46. The van der Waals surface area contributed by atoms with Gasteiger partial charge >= 0.3 is 0 Å². The Morgan fingerprint density at radius 1 is 0.957 bits per heavy atom. The maximum absolute atomic E-state index is 12.0. The molecule has 0 spiro atoms. The predicted molar refractivity (Wildman–Crippen MR) is 97.3 cm³/mol. The van der Waals surface area contributed by atoms with Crippen molar-refractivity contribution in [3.63, 3.8) is 0 Å². The number of hydrogen-bond acceptors (Lipinski definition) is 3. The monoisotopic (exact) mass is 320 g/mol. The third-order valence-corrected chi connectivity index (χ3v) is 3.39. The molecule has 0 bridgehead atoms. The Labute approximate surface area is 141 Å². The molecule has 0 rings (SSSR count). The molecule has 1 unspecified atom stereocenters. The molecule has 0 aromatic heterocycles. The first-order chi connectivity index (χ1) is 10.8. The molecule has 0 saturated carbocycles. The van der Waals surface area contributed by atoms with Crippen LogP contribution >= 0.6 is 0 Å². The minimum atomic E-state index is -1.13. The first-order valence-corrected chi connectivity index (χ1v) is 8.22. The largest absolute Gasteiger partial charge is 0.392 e. The SMILES string of the molecule is CC(C)=CCC/C(C)=C/C(O)C(=O)/C=C(/CO)CCC=C(C)C. The summed E-state index contributed by atoms with van der Waals surface area (Å²) in [4.78, 5) is 12.0. The number of ketones is 1. The summed E-state index contributed by atoms with van der Waals surface area (Å²) in [6, 6.07) is 0. The van der Waals surface area contributed by atoms with Gasteiger partial charge in [0.1, 0.15) is 6.10 Å². The van der Waals surface area contributed by atoms with Gasteiger partial charge in [-0.25, -0.2) is 0 Å². The highest BCUT2D eigenvalue weighted by atomic mass is 16.3. The summed E-state index contributed by atoms with van der Waals surface area (Å²) in [5.41, 5.74) is 4.12. The number of allylic oxidation sites excluding steroid dienone is 5. The van der Waals surface area contributed by atoms with E-state index in [2.05, 4.69) is 12.2 Å². The smallest absolute Gasteiger partial charge is 0.188 e. The van der Waals surface area contributed by atoms with Gasteiger partial charge in [-0.05, 0) is 78.0 Å². The van der Waals surface area contributed by atoms with Crippen LogP contribution in [0.4, 0.5) is 0 Å². The average molecular weight is 320 g/mol. The number of rotatable bonds is 10. The van der Waals surface area contributed by atoms with E-state index in [0.29, 0.717) is 12.0 Å². The molecular weight excluding hydrogens is 288 g/mol. The van der Waals surface area contributed by atoms with E-state index in [1.165, 1.54) is 17.2 Å². The summed E-state index contributed by atoms with van der Waals surface area (Å²) in [5.74, 6) is -0.368. The van der Waals surface area contributed by atoms with E-state index < -0.39 is 6.10 Å². The van der Waals surface area contributed by atoms with Crippen LogP contribution in [0.1, 0.15) is 60.3 Å².